The third-order valence-electron chi connectivity index (χ3n) is 5.08. The smallest absolute Gasteiger partial charge is 0.243 e. The summed E-state index contributed by atoms with van der Waals surface area (Å²) < 4.78 is 0. The van der Waals surface area contributed by atoms with E-state index in [4.69, 9.17) is 0 Å². The molecule has 0 spiro atoms. The highest BCUT2D eigenvalue weighted by molar-refractivity contribution is 5.96. The molecule has 1 N–H and O–H groups in total. The first kappa shape index (κ1) is 19.0. The number of likely N-dealkylation sites (N-methyl/N-ethyl adjacent to an activating group) is 1. The van der Waals surface area contributed by atoms with Crippen LogP contribution in [0.5, 0.6) is 0 Å². The fraction of sp³-hybridized carbons (Fsp3) is 0.364. The first-order valence-corrected chi connectivity index (χ1v) is 9.38. The van der Waals surface area contributed by atoms with Crippen molar-refractivity contribution in [2.45, 2.75) is 26.7 Å². The van der Waals surface area contributed by atoms with Crippen LogP contribution in [0.4, 0.5) is 11.4 Å². The van der Waals surface area contributed by atoms with Crippen molar-refractivity contribution >= 4 is 23.2 Å². The summed E-state index contributed by atoms with van der Waals surface area (Å²) in [4.78, 5) is 28.7. The Kier molecular flexibility index (Phi) is 5.79. The van der Waals surface area contributed by atoms with Crippen molar-refractivity contribution in [3.8, 4) is 0 Å². The van der Waals surface area contributed by atoms with Gasteiger partial charge in [-0.05, 0) is 49.4 Å². The van der Waals surface area contributed by atoms with Crippen molar-refractivity contribution in [3.63, 3.8) is 0 Å². The van der Waals surface area contributed by atoms with Crippen LogP contribution < -0.4 is 10.2 Å². The SMILES string of the molecule is Cc1cccc(C)c1NC(=O)CN(C)C(=O)CN1CCCc2ccccc21. The number of hydrogen-bond acceptors (Lipinski definition) is 3. The summed E-state index contributed by atoms with van der Waals surface area (Å²) in [5.41, 5.74) is 5.27. The molecule has 0 unspecified atom stereocenters. The Morgan fingerprint density at radius 3 is 2.52 bits per heavy atom. The number of anilines is 2. The van der Waals surface area contributed by atoms with E-state index in [1.54, 1.807) is 7.05 Å². The van der Waals surface area contributed by atoms with Gasteiger partial charge >= 0.3 is 0 Å². The monoisotopic (exact) mass is 365 g/mol. The highest BCUT2D eigenvalue weighted by Crippen LogP contribution is 2.26. The maximum absolute atomic E-state index is 12.6. The second-order valence-electron chi connectivity index (χ2n) is 7.22. The van der Waals surface area contributed by atoms with E-state index < -0.39 is 0 Å². The largest absolute Gasteiger partial charge is 0.362 e. The van der Waals surface area contributed by atoms with Gasteiger partial charge in [0.15, 0.2) is 0 Å². The van der Waals surface area contributed by atoms with Crippen LogP contribution in [-0.4, -0.2) is 43.4 Å². The molecule has 142 valence electrons. The van der Waals surface area contributed by atoms with E-state index in [-0.39, 0.29) is 18.4 Å². The number of benzene rings is 2. The second-order valence-corrected chi connectivity index (χ2v) is 7.22. The summed E-state index contributed by atoms with van der Waals surface area (Å²) in [5, 5.41) is 2.94. The molecule has 1 aliphatic heterocycles. The number of nitrogens with zero attached hydrogens (tertiary/aromatic N) is 2. The minimum absolute atomic E-state index is 0.0437. The number of rotatable bonds is 5. The van der Waals surface area contributed by atoms with Crippen molar-refractivity contribution in [2.24, 2.45) is 0 Å². The highest BCUT2D eigenvalue weighted by atomic mass is 16.2. The Morgan fingerprint density at radius 2 is 1.78 bits per heavy atom. The molecule has 3 rings (SSSR count). The average molecular weight is 365 g/mol. The number of carbonyl (C=O) groups is 2. The van der Waals surface area contributed by atoms with Gasteiger partial charge in [0.25, 0.3) is 0 Å². The molecule has 27 heavy (non-hydrogen) atoms. The van der Waals surface area contributed by atoms with Crippen molar-refractivity contribution in [3.05, 3.63) is 59.2 Å². The minimum atomic E-state index is -0.178. The molecule has 5 nitrogen and oxygen atoms in total. The number of aryl methyl sites for hydroxylation is 3. The molecule has 2 aromatic carbocycles. The predicted octanol–water partition coefficient (Wildman–Crippen LogP) is 3.15. The number of para-hydroxylation sites is 2. The van der Waals surface area contributed by atoms with Gasteiger partial charge in [-0.15, -0.1) is 0 Å². The van der Waals surface area contributed by atoms with Gasteiger partial charge in [-0.2, -0.15) is 0 Å². The van der Waals surface area contributed by atoms with Gasteiger partial charge in [0.05, 0.1) is 13.1 Å². The zero-order valence-corrected chi connectivity index (χ0v) is 16.3. The van der Waals surface area contributed by atoms with Crippen LogP contribution in [0.3, 0.4) is 0 Å². The molecule has 1 aliphatic rings. The summed E-state index contributed by atoms with van der Waals surface area (Å²) in [6.07, 6.45) is 2.09. The topological polar surface area (TPSA) is 52.7 Å². The lowest BCUT2D eigenvalue weighted by molar-refractivity contribution is -0.132. The van der Waals surface area contributed by atoms with Gasteiger partial charge in [-0.3, -0.25) is 9.59 Å². The Labute approximate surface area is 161 Å². The third kappa shape index (κ3) is 4.48. The van der Waals surface area contributed by atoms with Gasteiger partial charge < -0.3 is 15.1 Å². The fourth-order valence-electron chi connectivity index (χ4n) is 3.55. The number of fused-ring (bicyclic) bond motifs is 1. The van der Waals surface area contributed by atoms with Crippen molar-refractivity contribution in [1.29, 1.82) is 0 Å². The Morgan fingerprint density at radius 1 is 1.07 bits per heavy atom. The molecule has 0 fully saturated rings. The molecule has 0 atom stereocenters. The van der Waals surface area contributed by atoms with Gasteiger partial charge in [0.1, 0.15) is 0 Å². The molecule has 5 heteroatoms. The average Bonchev–Trinajstić information content (AvgIpc) is 2.65. The second kappa shape index (κ2) is 8.25. The molecular weight excluding hydrogens is 338 g/mol. The molecule has 2 aromatic rings. The molecule has 0 saturated heterocycles. The normalized spacial score (nSPS) is 13.1. The maximum atomic E-state index is 12.6. The third-order valence-corrected chi connectivity index (χ3v) is 5.08. The van der Waals surface area contributed by atoms with Crippen LogP contribution in [0.25, 0.3) is 0 Å². The Balaban J connectivity index is 1.59. The van der Waals surface area contributed by atoms with Crippen molar-refractivity contribution in [2.75, 3.05) is 36.9 Å². The molecule has 0 aromatic heterocycles. The van der Waals surface area contributed by atoms with Gasteiger partial charge in [-0.25, -0.2) is 0 Å². The quantitative estimate of drug-likeness (QED) is 0.886. The summed E-state index contributed by atoms with van der Waals surface area (Å²) in [6, 6.07) is 14.1. The van der Waals surface area contributed by atoms with E-state index in [0.717, 1.165) is 41.9 Å². The van der Waals surface area contributed by atoms with Gasteiger partial charge in [0, 0.05) is 25.0 Å². The van der Waals surface area contributed by atoms with Crippen LogP contribution >= 0.6 is 0 Å². The van der Waals surface area contributed by atoms with Crippen molar-refractivity contribution in [1.82, 2.24) is 4.90 Å². The van der Waals surface area contributed by atoms with Gasteiger partial charge in [-0.1, -0.05) is 36.4 Å². The summed E-state index contributed by atoms with van der Waals surface area (Å²) in [6.45, 7) is 5.13. The zero-order valence-electron chi connectivity index (χ0n) is 16.3. The summed E-state index contributed by atoms with van der Waals surface area (Å²) >= 11 is 0. The van der Waals surface area contributed by atoms with Gasteiger partial charge in [0.2, 0.25) is 11.8 Å². The lowest BCUT2D eigenvalue weighted by Crippen LogP contribution is -2.43. The van der Waals surface area contributed by atoms with Crippen LogP contribution in [0, 0.1) is 13.8 Å². The minimum Gasteiger partial charge on any atom is -0.362 e. The molecule has 2 amide bonds. The number of nitrogens with one attached hydrogen (secondary N) is 1. The van der Waals surface area contributed by atoms with E-state index in [2.05, 4.69) is 22.3 Å². The fourth-order valence-corrected chi connectivity index (χ4v) is 3.55. The van der Waals surface area contributed by atoms with E-state index in [1.807, 2.05) is 44.2 Å². The van der Waals surface area contributed by atoms with Crippen LogP contribution in [0.2, 0.25) is 0 Å². The number of hydrogen-bond donors (Lipinski definition) is 1. The molecule has 0 saturated carbocycles. The maximum Gasteiger partial charge on any atom is 0.243 e. The zero-order chi connectivity index (χ0) is 19.4. The molecule has 0 aliphatic carbocycles. The van der Waals surface area contributed by atoms with Crippen molar-refractivity contribution < 1.29 is 9.59 Å². The Hall–Kier alpha value is -2.82. The molecular formula is C22H27N3O2. The van der Waals surface area contributed by atoms with E-state index in [1.165, 1.54) is 10.5 Å². The van der Waals surface area contributed by atoms with E-state index >= 15 is 0 Å². The summed E-state index contributed by atoms with van der Waals surface area (Å²) in [7, 11) is 1.68. The standard InChI is InChI=1S/C22H27N3O2/c1-16-8-6-9-17(2)22(16)23-20(26)14-24(3)21(27)15-25-13-7-11-18-10-4-5-12-19(18)25/h4-6,8-10,12H,7,11,13-15H2,1-3H3,(H,23,26). The predicted molar refractivity (Wildman–Crippen MR) is 109 cm³/mol. The van der Waals surface area contributed by atoms with Crippen LogP contribution in [-0.2, 0) is 16.0 Å². The lowest BCUT2D eigenvalue weighted by Gasteiger charge is -2.32. The number of amides is 2. The lowest BCUT2D eigenvalue weighted by atomic mass is 10.0. The molecule has 1 heterocycles. The molecule has 0 radical (unpaired) electrons. The summed E-state index contributed by atoms with van der Waals surface area (Å²) in [5.74, 6) is -0.231. The highest BCUT2D eigenvalue weighted by Gasteiger charge is 2.21. The van der Waals surface area contributed by atoms with E-state index in [9.17, 15) is 9.59 Å². The number of carbonyl (C=O) groups excluding carboxylic acids is 2. The first-order chi connectivity index (χ1) is 13.0. The van der Waals surface area contributed by atoms with Crippen LogP contribution in [0.1, 0.15) is 23.1 Å². The first-order valence-electron chi connectivity index (χ1n) is 9.38. The van der Waals surface area contributed by atoms with E-state index in [0.29, 0.717) is 6.54 Å². The Bertz CT molecular complexity index is 827. The van der Waals surface area contributed by atoms with Crippen LogP contribution in [0.15, 0.2) is 42.5 Å². The molecule has 0 bridgehead atoms.